The molecular formula is C17H28FN3. The summed E-state index contributed by atoms with van der Waals surface area (Å²) in [4.78, 5) is 4.93. The van der Waals surface area contributed by atoms with Crippen molar-refractivity contribution in [2.45, 2.75) is 44.8 Å². The molecule has 0 radical (unpaired) electrons. The molecule has 1 saturated heterocycles. The van der Waals surface area contributed by atoms with E-state index >= 15 is 0 Å². The van der Waals surface area contributed by atoms with Crippen molar-refractivity contribution in [3.63, 3.8) is 0 Å². The lowest BCUT2D eigenvalue weighted by molar-refractivity contribution is 0.113. The number of nitrogens with two attached hydrogens (primary N) is 1. The number of hydrogen-bond acceptors (Lipinski definition) is 3. The molecule has 0 aromatic heterocycles. The first-order valence-electron chi connectivity index (χ1n) is 7.98. The van der Waals surface area contributed by atoms with Gasteiger partial charge in [-0.15, -0.1) is 0 Å². The second kappa shape index (κ2) is 7.34. The van der Waals surface area contributed by atoms with Crippen molar-refractivity contribution in [2.24, 2.45) is 5.73 Å². The molecule has 1 fully saturated rings. The summed E-state index contributed by atoms with van der Waals surface area (Å²) in [6.07, 6.45) is 2.26. The monoisotopic (exact) mass is 293 g/mol. The van der Waals surface area contributed by atoms with E-state index in [1.807, 2.05) is 12.1 Å². The average Bonchev–Trinajstić information content (AvgIpc) is 2.63. The van der Waals surface area contributed by atoms with Crippen LogP contribution in [0.1, 0.15) is 38.3 Å². The number of halogens is 1. The van der Waals surface area contributed by atoms with Crippen LogP contribution in [0.25, 0.3) is 0 Å². The smallest absolute Gasteiger partial charge is 0.123 e. The number of benzene rings is 1. The average molecular weight is 293 g/mol. The Morgan fingerprint density at radius 1 is 1.29 bits per heavy atom. The molecule has 0 aliphatic carbocycles. The van der Waals surface area contributed by atoms with Gasteiger partial charge in [0.25, 0.3) is 0 Å². The Hall–Kier alpha value is -0.970. The molecule has 0 spiro atoms. The van der Waals surface area contributed by atoms with Crippen molar-refractivity contribution in [3.8, 4) is 0 Å². The number of likely N-dealkylation sites (N-methyl/N-ethyl adjacent to an activating group) is 1. The van der Waals surface area contributed by atoms with Crippen LogP contribution in [0.3, 0.4) is 0 Å². The quantitative estimate of drug-likeness (QED) is 0.926. The molecule has 0 bridgehead atoms. The van der Waals surface area contributed by atoms with Gasteiger partial charge in [0.2, 0.25) is 0 Å². The van der Waals surface area contributed by atoms with Gasteiger partial charge in [-0.3, -0.25) is 4.90 Å². The maximum absolute atomic E-state index is 13.2. The van der Waals surface area contributed by atoms with Crippen LogP contribution in [-0.4, -0.2) is 48.6 Å². The molecule has 1 aromatic carbocycles. The van der Waals surface area contributed by atoms with Crippen molar-refractivity contribution >= 4 is 0 Å². The summed E-state index contributed by atoms with van der Waals surface area (Å²) >= 11 is 0. The third-order valence-corrected chi connectivity index (χ3v) is 4.49. The van der Waals surface area contributed by atoms with Gasteiger partial charge in [-0.2, -0.15) is 0 Å². The van der Waals surface area contributed by atoms with Crippen molar-refractivity contribution < 1.29 is 4.39 Å². The van der Waals surface area contributed by atoms with Gasteiger partial charge >= 0.3 is 0 Å². The molecule has 0 saturated carbocycles. The molecule has 1 aliphatic rings. The van der Waals surface area contributed by atoms with E-state index in [1.54, 1.807) is 0 Å². The molecule has 0 amide bonds. The fourth-order valence-corrected chi connectivity index (χ4v) is 3.45. The van der Waals surface area contributed by atoms with Gasteiger partial charge in [0.15, 0.2) is 0 Å². The Morgan fingerprint density at radius 3 is 2.52 bits per heavy atom. The molecule has 21 heavy (non-hydrogen) atoms. The van der Waals surface area contributed by atoms with E-state index in [9.17, 15) is 4.39 Å². The first-order valence-corrected chi connectivity index (χ1v) is 7.98. The van der Waals surface area contributed by atoms with Gasteiger partial charge in [-0.05, 0) is 51.1 Å². The summed E-state index contributed by atoms with van der Waals surface area (Å²) in [5, 5.41) is 0. The molecule has 3 atom stereocenters. The second-order valence-corrected chi connectivity index (χ2v) is 6.27. The van der Waals surface area contributed by atoms with Crippen LogP contribution < -0.4 is 5.73 Å². The third-order valence-electron chi connectivity index (χ3n) is 4.49. The highest BCUT2D eigenvalue weighted by atomic mass is 19.1. The Balaban J connectivity index is 2.29. The van der Waals surface area contributed by atoms with Crippen LogP contribution in [0, 0.1) is 5.82 Å². The van der Waals surface area contributed by atoms with Gasteiger partial charge in [0.1, 0.15) is 5.82 Å². The second-order valence-electron chi connectivity index (χ2n) is 6.27. The number of rotatable bonds is 4. The van der Waals surface area contributed by atoms with Crippen LogP contribution in [0.2, 0.25) is 0 Å². The van der Waals surface area contributed by atoms with Crippen molar-refractivity contribution in [2.75, 3.05) is 26.7 Å². The fourth-order valence-electron chi connectivity index (χ4n) is 3.45. The van der Waals surface area contributed by atoms with Gasteiger partial charge < -0.3 is 10.6 Å². The summed E-state index contributed by atoms with van der Waals surface area (Å²) < 4.78 is 13.2. The van der Waals surface area contributed by atoms with Gasteiger partial charge in [-0.25, -0.2) is 4.39 Å². The summed E-state index contributed by atoms with van der Waals surface area (Å²) in [6.45, 7) is 7.53. The maximum atomic E-state index is 13.2. The van der Waals surface area contributed by atoms with Crippen molar-refractivity contribution in [1.29, 1.82) is 0 Å². The molecule has 3 nitrogen and oxygen atoms in total. The summed E-state index contributed by atoms with van der Waals surface area (Å²) in [6, 6.07) is 7.51. The lowest BCUT2D eigenvalue weighted by Crippen LogP contribution is -2.47. The molecule has 2 N–H and O–H groups in total. The first-order chi connectivity index (χ1) is 10.0. The molecule has 4 heteroatoms. The Labute approximate surface area is 127 Å². The zero-order valence-electron chi connectivity index (χ0n) is 13.4. The predicted molar refractivity (Wildman–Crippen MR) is 85.7 cm³/mol. The van der Waals surface area contributed by atoms with Gasteiger partial charge in [0, 0.05) is 31.2 Å². The van der Waals surface area contributed by atoms with Crippen molar-refractivity contribution in [1.82, 2.24) is 9.80 Å². The first kappa shape index (κ1) is 16.4. The summed E-state index contributed by atoms with van der Waals surface area (Å²) in [5.74, 6) is -0.190. The standard InChI is InChI=1S/C17H28FN3/c1-4-16-12-20(3)10-5-11-21(16)17(13(2)19)14-6-8-15(18)9-7-14/h6-9,13,16-17H,4-5,10-12,19H2,1-3H3. The highest BCUT2D eigenvalue weighted by molar-refractivity contribution is 5.22. The van der Waals surface area contributed by atoms with Crippen molar-refractivity contribution in [3.05, 3.63) is 35.6 Å². The van der Waals surface area contributed by atoms with E-state index in [0.29, 0.717) is 6.04 Å². The van der Waals surface area contributed by atoms with Crippen LogP contribution in [0.4, 0.5) is 4.39 Å². The Morgan fingerprint density at radius 2 is 1.95 bits per heavy atom. The maximum Gasteiger partial charge on any atom is 0.123 e. The molecule has 2 rings (SSSR count). The topological polar surface area (TPSA) is 32.5 Å². The molecule has 1 heterocycles. The molecular weight excluding hydrogens is 265 g/mol. The Bertz CT molecular complexity index is 432. The van der Waals surface area contributed by atoms with E-state index in [4.69, 9.17) is 5.73 Å². The number of nitrogens with zero attached hydrogens (tertiary/aromatic N) is 2. The van der Waals surface area contributed by atoms with Gasteiger partial charge in [0.05, 0.1) is 0 Å². The summed E-state index contributed by atoms with van der Waals surface area (Å²) in [7, 11) is 2.19. The van der Waals surface area contributed by atoms with Crippen LogP contribution in [0.15, 0.2) is 24.3 Å². The summed E-state index contributed by atoms with van der Waals surface area (Å²) in [5.41, 5.74) is 7.41. The largest absolute Gasteiger partial charge is 0.326 e. The third kappa shape index (κ3) is 4.02. The normalized spacial score (nSPS) is 24.5. The van der Waals surface area contributed by atoms with Gasteiger partial charge in [-0.1, -0.05) is 19.1 Å². The van der Waals surface area contributed by atoms with E-state index in [2.05, 4.69) is 30.7 Å². The van der Waals surface area contributed by atoms with E-state index in [1.165, 1.54) is 12.1 Å². The molecule has 1 aromatic rings. The minimum Gasteiger partial charge on any atom is -0.326 e. The molecule has 1 aliphatic heterocycles. The zero-order chi connectivity index (χ0) is 15.4. The van der Waals surface area contributed by atoms with E-state index in [-0.39, 0.29) is 17.9 Å². The van der Waals surface area contributed by atoms with Crippen LogP contribution >= 0.6 is 0 Å². The zero-order valence-corrected chi connectivity index (χ0v) is 13.4. The Kier molecular flexibility index (Phi) is 5.73. The SMILES string of the molecule is CCC1CN(C)CCCN1C(c1ccc(F)cc1)C(C)N. The highest BCUT2D eigenvalue weighted by Gasteiger charge is 2.31. The molecule has 3 unspecified atom stereocenters. The lowest BCUT2D eigenvalue weighted by atomic mass is 9.96. The highest BCUT2D eigenvalue weighted by Crippen LogP contribution is 2.28. The van der Waals surface area contributed by atoms with E-state index < -0.39 is 0 Å². The molecule has 118 valence electrons. The minimum absolute atomic E-state index is 0.0212. The lowest BCUT2D eigenvalue weighted by Gasteiger charge is -2.39. The number of hydrogen-bond donors (Lipinski definition) is 1. The van der Waals surface area contributed by atoms with Crippen LogP contribution in [-0.2, 0) is 0 Å². The predicted octanol–water partition coefficient (Wildman–Crippen LogP) is 2.63. The minimum atomic E-state index is -0.190. The van der Waals surface area contributed by atoms with Crippen LogP contribution in [0.5, 0.6) is 0 Å². The van der Waals surface area contributed by atoms with E-state index in [0.717, 1.165) is 38.0 Å². The fraction of sp³-hybridized carbons (Fsp3) is 0.647.